The van der Waals surface area contributed by atoms with Crippen LogP contribution in [0.1, 0.15) is 39.6 Å². The maximum Gasteiger partial charge on any atom is 0.325 e. The molecule has 154 valence electrons. The average Bonchev–Trinajstić information content (AvgIpc) is 3.10. The quantitative estimate of drug-likeness (QED) is 0.603. The Morgan fingerprint density at radius 2 is 1.47 bits per heavy atom. The molecule has 2 aliphatic heterocycles. The fraction of sp³-hybridized carbons (Fsp3) is 0.238. The highest BCUT2D eigenvalue weighted by Gasteiger charge is 2.49. The molecular weight excluding hydrogens is 396 g/mol. The third kappa shape index (κ3) is 2.94. The van der Waals surface area contributed by atoms with Crippen LogP contribution in [0.5, 0.6) is 0 Å². The lowest BCUT2D eigenvalue weighted by molar-refractivity contribution is -0.131. The number of carbonyl (C=O) groups is 4. The van der Waals surface area contributed by atoms with Gasteiger partial charge in [-0.3, -0.25) is 24.2 Å². The fourth-order valence-corrected chi connectivity index (χ4v) is 3.73. The van der Waals surface area contributed by atoms with Crippen LogP contribution < -0.4 is 5.32 Å². The molecule has 1 N–H and O–H groups in total. The van der Waals surface area contributed by atoms with Crippen molar-refractivity contribution in [3.63, 3.8) is 0 Å². The summed E-state index contributed by atoms with van der Waals surface area (Å²) >= 11 is 0. The van der Waals surface area contributed by atoms with Crippen molar-refractivity contribution >= 4 is 23.8 Å². The van der Waals surface area contributed by atoms with E-state index < -0.39 is 40.9 Å². The van der Waals surface area contributed by atoms with E-state index in [0.29, 0.717) is 11.1 Å². The Balaban J connectivity index is 1.44. The van der Waals surface area contributed by atoms with Gasteiger partial charge in [0.25, 0.3) is 17.7 Å². The van der Waals surface area contributed by atoms with Crippen LogP contribution in [-0.2, 0) is 10.3 Å². The molecule has 0 spiro atoms. The standard InChI is InChI=1S/C21H17F2N3O4/c1-21(12-7-8-15(22)16(23)11-12)19(29)26(20(30)24-21)10-4-9-25-17(27)13-5-2-3-6-14(13)18(25)28/h2-3,5-8,11H,4,9-10H2,1H3,(H,24,30)/t21-/m0/s1. The topological polar surface area (TPSA) is 86.8 Å². The van der Waals surface area contributed by atoms with Crippen molar-refractivity contribution in [1.82, 2.24) is 15.1 Å². The molecule has 0 aromatic heterocycles. The van der Waals surface area contributed by atoms with Crippen LogP contribution in [0, 0.1) is 11.6 Å². The van der Waals surface area contributed by atoms with Crippen LogP contribution in [-0.4, -0.2) is 46.6 Å². The summed E-state index contributed by atoms with van der Waals surface area (Å²) in [5, 5.41) is 2.50. The number of benzene rings is 2. The second-order valence-corrected chi connectivity index (χ2v) is 7.30. The zero-order chi connectivity index (χ0) is 21.6. The number of hydrogen-bond donors (Lipinski definition) is 1. The fourth-order valence-electron chi connectivity index (χ4n) is 3.73. The van der Waals surface area contributed by atoms with Crippen molar-refractivity contribution in [3.05, 3.63) is 70.8 Å². The summed E-state index contributed by atoms with van der Waals surface area (Å²) in [5.74, 6) is -3.64. The Hall–Kier alpha value is -3.62. The highest BCUT2D eigenvalue weighted by molar-refractivity contribution is 6.21. The van der Waals surface area contributed by atoms with Crippen molar-refractivity contribution in [2.24, 2.45) is 0 Å². The first kappa shape index (κ1) is 19.7. The molecule has 1 saturated heterocycles. The second-order valence-electron chi connectivity index (χ2n) is 7.30. The van der Waals surface area contributed by atoms with Gasteiger partial charge in [-0.2, -0.15) is 0 Å². The van der Waals surface area contributed by atoms with Gasteiger partial charge in [-0.05, 0) is 43.2 Å². The van der Waals surface area contributed by atoms with Gasteiger partial charge in [-0.1, -0.05) is 18.2 Å². The smallest absolute Gasteiger partial charge is 0.319 e. The molecule has 5 amide bonds. The molecule has 1 atom stereocenters. The zero-order valence-electron chi connectivity index (χ0n) is 15.9. The van der Waals surface area contributed by atoms with Crippen LogP contribution >= 0.6 is 0 Å². The highest BCUT2D eigenvalue weighted by Crippen LogP contribution is 2.30. The SMILES string of the molecule is C[C@@]1(c2ccc(F)c(F)c2)NC(=O)N(CCCN2C(=O)c3ccccc3C2=O)C1=O. The van der Waals surface area contributed by atoms with E-state index in [9.17, 15) is 28.0 Å². The molecule has 2 aromatic rings. The molecule has 2 aliphatic rings. The number of hydrogen-bond acceptors (Lipinski definition) is 4. The van der Waals surface area contributed by atoms with Gasteiger partial charge in [-0.25, -0.2) is 13.6 Å². The van der Waals surface area contributed by atoms with E-state index in [1.807, 2.05) is 0 Å². The summed E-state index contributed by atoms with van der Waals surface area (Å²) in [6, 6.07) is 8.78. The van der Waals surface area contributed by atoms with E-state index in [2.05, 4.69) is 5.32 Å². The van der Waals surface area contributed by atoms with E-state index in [4.69, 9.17) is 0 Å². The second kappa shape index (κ2) is 7.01. The predicted molar refractivity (Wildman–Crippen MR) is 100 cm³/mol. The monoisotopic (exact) mass is 413 g/mol. The van der Waals surface area contributed by atoms with Gasteiger partial charge < -0.3 is 5.32 Å². The van der Waals surface area contributed by atoms with Crippen molar-refractivity contribution in [3.8, 4) is 0 Å². The molecule has 4 rings (SSSR count). The number of rotatable bonds is 5. The Morgan fingerprint density at radius 1 is 0.867 bits per heavy atom. The first-order valence-corrected chi connectivity index (χ1v) is 9.29. The minimum atomic E-state index is -1.54. The normalized spacial score (nSPS) is 20.8. The molecule has 0 saturated carbocycles. The summed E-state index contributed by atoms with van der Waals surface area (Å²) in [6.07, 6.45) is 0.179. The van der Waals surface area contributed by atoms with Crippen LogP contribution in [0.2, 0.25) is 0 Å². The summed E-state index contributed by atoms with van der Waals surface area (Å²) < 4.78 is 26.8. The van der Waals surface area contributed by atoms with Crippen molar-refractivity contribution < 1.29 is 28.0 Å². The number of nitrogens with zero attached hydrogens (tertiary/aromatic N) is 2. The molecule has 7 nitrogen and oxygen atoms in total. The van der Waals surface area contributed by atoms with Gasteiger partial charge in [0.15, 0.2) is 11.6 Å². The van der Waals surface area contributed by atoms with Crippen LogP contribution in [0.25, 0.3) is 0 Å². The number of urea groups is 1. The molecule has 0 aliphatic carbocycles. The Labute approximate surface area is 170 Å². The molecule has 0 unspecified atom stereocenters. The molecule has 9 heteroatoms. The number of imide groups is 2. The lowest BCUT2D eigenvalue weighted by Gasteiger charge is -2.22. The van der Waals surface area contributed by atoms with Crippen molar-refractivity contribution in [2.75, 3.05) is 13.1 Å². The minimum absolute atomic E-state index is 0.0330. The molecule has 0 bridgehead atoms. The van der Waals surface area contributed by atoms with E-state index in [1.54, 1.807) is 24.3 Å². The summed E-state index contributed by atoms with van der Waals surface area (Å²) in [4.78, 5) is 52.0. The van der Waals surface area contributed by atoms with Crippen molar-refractivity contribution in [1.29, 1.82) is 0 Å². The van der Waals surface area contributed by atoms with E-state index in [1.165, 1.54) is 13.0 Å². The lowest BCUT2D eigenvalue weighted by atomic mass is 9.92. The van der Waals surface area contributed by atoms with E-state index in [0.717, 1.165) is 21.9 Å². The third-order valence-corrected chi connectivity index (χ3v) is 5.41. The lowest BCUT2D eigenvalue weighted by Crippen LogP contribution is -2.41. The highest BCUT2D eigenvalue weighted by atomic mass is 19.2. The molecule has 0 radical (unpaired) electrons. The molecule has 1 fully saturated rings. The Kier molecular flexibility index (Phi) is 4.60. The maximum absolute atomic E-state index is 13.6. The van der Waals surface area contributed by atoms with Gasteiger partial charge in [0, 0.05) is 13.1 Å². The number of carbonyl (C=O) groups excluding carboxylic acids is 4. The van der Waals surface area contributed by atoms with E-state index >= 15 is 0 Å². The number of nitrogens with one attached hydrogen (secondary N) is 1. The Morgan fingerprint density at radius 3 is 2.07 bits per heavy atom. The van der Waals surface area contributed by atoms with Crippen molar-refractivity contribution in [2.45, 2.75) is 18.9 Å². The minimum Gasteiger partial charge on any atom is -0.319 e. The Bertz CT molecular complexity index is 1070. The number of fused-ring (bicyclic) bond motifs is 1. The molecular formula is C21H17F2N3O4. The van der Waals surface area contributed by atoms with Crippen LogP contribution in [0.15, 0.2) is 42.5 Å². The number of halogens is 2. The summed E-state index contributed by atoms with van der Waals surface area (Å²) in [6.45, 7) is 1.40. The number of amides is 5. The first-order valence-electron chi connectivity index (χ1n) is 9.29. The van der Waals surface area contributed by atoms with Crippen LogP contribution in [0.3, 0.4) is 0 Å². The van der Waals surface area contributed by atoms with Gasteiger partial charge >= 0.3 is 6.03 Å². The molecule has 2 heterocycles. The van der Waals surface area contributed by atoms with Gasteiger partial charge in [-0.15, -0.1) is 0 Å². The first-order chi connectivity index (χ1) is 14.2. The molecule has 2 aromatic carbocycles. The van der Waals surface area contributed by atoms with Gasteiger partial charge in [0.05, 0.1) is 11.1 Å². The largest absolute Gasteiger partial charge is 0.325 e. The van der Waals surface area contributed by atoms with Crippen LogP contribution in [0.4, 0.5) is 13.6 Å². The predicted octanol–water partition coefficient (Wildman–Crippen LogP) is 2.42. The third-order valence-electron chi connectivity index (χ3n) is 5.41. The van der Waals surface area contributed by atoms with Gasteiger partial charge in [0.2, 0.25) is 0 Å². The summed E-state index contributed by atoms with van der Waals surface area (Å²) in [5.41, 5.74) is -0.782. The maximum atomic E-state index is 13.6. The van der Waals surface area contributed by atoms with Gasteiger partial charge in [0.1, 0.15) is 5.54 Å². The molecule has 30 heavy (non-hydrogen) atoms. The average molecular weight is 413 g/mol. The zero-order valence-corrected chi connectivity index (χ0v) is 15.9. The van der Waals surface area contributed by atoms with E-state index in [-0.39, 0.29) is 25.1 Å². The summed E-state index contributed by atoms with van der Waals surface area (Å²) in [7, 11) is 0.